The Balaban J connectivity index is 2.07. The lowest BCUT2D eigenvalue weighted by Gasteiger charge is -2.10. The second-order valence-corrected chi connectivity index (χ2v) is 5.51. The van der Waals surface area contributed by atoms with Crippen LogP contribution in [-0.4, -0.2) is 4.98 Å². The van der Waals surface area contributed by atoms with Gasteiger partial charge in [-0.3, -0.25) is 4.79 Å². The maximum absolute atomic E-state index is 13.2. The molecule has 0 spiro atoms. The summed E-state index contributed by atoms with van der Waals surface area (Å²) in [6.45, 7) is 0. The van der Waals surface area contributed by atoms with Gasteiger partial charge in [-0.15, -0.1) is 0 Å². The van der Waals surface area contributed by atoms with Crippen LogP contribution in [0.25, 0.3) is 22.4 Å². The summed E-state index contributed by atoms with van der Waals surface area (Å²) in [6.07, 6.45) is 0.643. The minimum Gasteiger partial charge on any atom is -0.320 e. The Bertz CT molecular complexity index is 1030. The van der Waals surface area contributed by atoms with Crippen LogP contribution in [0.3, 0.4) is 0 Å². The number of hydrogen-bond donors (Lipinski definition) is 1. The van der Waals surface area contributed by atoms with E-state index in [1.165, 1.54) is 12.1 Å². The number of aromatic amines is 1. The van der Waals surface area contributed by atoms with Crippen LogP contribution in [0.1, 0.15) is 16.7 Å². The number of benzene rings is 2. The molecule has 4 heteroatoms. The van der Waals surface area contributed by atoms with Crippen molar-refractivity contribution in [2.24, 2.45) is 0 Å². The molecule has 1 aliphatic carbocycles. The third kappa shape index (κ3) is 1.98. The Labute approximate surface area is 131 Å². The normalized spacial score (nSPS) is 11.7. The van der Waals surface area contributed by atoms with Crippen LogP contribution in [0.5, 0.6) is 0 Å². The molecule has 0 radical (unpaired) electrons. The highest BCUT2D eigenvalue weighted by molar-refractivity contribution is 5.85. The van der Waals surface area contributed by atoms with Crippen LogP contribution in [0.15, 0.2) is 53.3 Å². The number of pyridine rings is 1. The molecule has 3 aromatic rings. The summed E-state index contributed by atoms with van der Waals surface area (Å²) in [5.74, 6) is -0.350. The first-order chi connectivity index (χ1) is 11.2. The first-order valence-corrected chi connectivity index (χ1v) is 7.22. The van der Waals surface area contributed by atoms with E-state index in [-0.39, 0.29) is 11.4 Å². The van der Waals surface area contributed by atoms with E-state index in [1.807, 2.05) is 30.3 Å². The van der Waals surface area contributed by atoms with Gasteiger partial charge in [0.1, 0.15) is 17.4 Å². The average Bonchev–Trinajstić information content (AvgIpc) is 2.93. The Morgan fingerprint density at radius 1 is 1.09 bits per heavy atom. The molecule has 1 aliphatic rings. The molecule has 4 rings (SSSR count). The van der Waals surface area contributed by atoms with Crippen molar-refractivity contribution in [3.05, 3.63) is 81.4 Å². The lowest BCUT2D eigenvalue weighted by Crippen LogP contribution is -2.14. The molecule has 1 aromatic heterocycles. The molecule has 0 aliphatic heterocycles. The second kappa shape index (κ2) is 4.92. The predicted octanol–water partition coefficient (Wildman–Crippen LogP) is 3.62. The van der Waals surface area contributed by atoms with Crippen molar-refractivity contribution >= 4 is 0 Å². The lowest BCUT2D eigenvalue weighted by atomic mass is 9.94. The van der Waals surface area contributed by atoms with Crippen LogP contribution in [0, 0.1) is 17.1 Å². The topological polar surface area (TPSA) is 56.6 Å². The Morgan fingerprint density at radius 2 is 1.83 bits per heavy atom. The van der Waals surface area contributed by atoms with Crippen molar-refractivity contribution in [2.45, 2.75) is 6.42 Å². The van der Waals surface area contributed by atoms with Gasteiger partial charge in [-0.05, 0) is 28.8 Å². The highest BCUT2D eigenvalue weighted by Gasteiger charge is 2.26. The minimum absolute atomic E-state index is 0.0724. The summed E-state index contributed by atoms with van der Waals surface area (Å²) >= 11 is 0. The van der Waals surface area contributed by atoms with Gasteiger partial charge in [-0.25, -0.2) is 4.39 Å². The SMILES string of the molecule is N#Cc1c(-c2ccc(F)cc2)c2c([nH]c1=O)-c1ccccc1C2. The van der Waals surface area contributed by atoms with Crippen molar-refractivity contribution in [1.82, 2.24) is 4.98 Å². The zero-order valence-electron chi connectivity index (χ0n) is 12.1. The molecular formula is C19H11FN2O. The van der Waals surface area contributed by atoms with E-state index in [0.717, 1.165) is 22.4 Å². The molecule has 0 amide bonds. The summed E-state index contributed by atoms with van der Waals surface area (Å²) in [5, 5.41) is 9.42. The fourth-order valence-electron chi connectivity index (χ4n) is 3.20. The number of nitrogens with one attached hydrogen (secondary N) is 1. The van der Waals surface area contributed by atoms with Crippen molar-refractivity contribution in [3.63, 3.8) is 0 Å². The largest absolute Gasteiger partial charge is 0.320 e. The number of nitrogens with zero attached hydrogens (tertiary/aromatic N) is 1. The van der Waals surface area contributed by atoms with Gasteiger partial charge in [-0.2, -0.15) is 5.26 Å². The standard InChI is InChI=1S/C19H11FN2O/c20-13-7-5-11(6-8-13)17-15-9-12-3-1-2-4-14(12)18(15)22-19(23)16(17)10-21/h1-8H,9H2,(H,22,23). The van der Waals surface area contributed by atoms with Gasteiger partial charge in [0.15, 0.2) is 0 Å². The van der Waals surface area contributed by atoms with E-state index in [4.69, 9.17) is 0 Å². The predicted molar refractivity (Wildman–Crippen MR) is 85.4 cm³/mol. The molecule has 0 unspecified atom stereocenters. The quantitative estimate of drug-likeness (QED) is 0.584. The summed E-state index contributed by atoms with van der Waals surface area (Å²) in [6, 6.07) is 15.7. The van der Waals surface area contributed by atoms with E-state index in [0.29, 0.717) is 17.5 Å². The zero-order valence-corrected chi connectivity index (χ0v) is 12.1. The molecule has 2 aromatic carbocycles. The molecule has 0 saturated carbocycles. The molecule has 23 heavy (non-hydrogen) atoms. The first-order valence-electron chi connectivity index (χ1n) is 7.22. The van der Waals surface area contributed by atoms with E-state index >= 15 is 0 Å². The number of hydrogen-bond acceptors (Lipinski definition) is 2. The third-order valence-corrected chi connectivity index (χ3v) is 4.22. The van der Waals surface area contributed by atoms with Crippen molar-refractivity contribution in [2.75, 3.05) is 0 Å². The molecular weight excluding hydrogens is 291 g/mol. The third-order valence-electron chi connectivity index (χ3n) is 4.22. The van der Waals surface area contributed by atoms with Crippen LogP contribution < -0.4 is 5.56 Å². The van der Waals surface area contributed by atoms with Crippen molar-refractivity contribution in [3.8, 4) is 28.5 Å². The van der Waals surface area contributed by atoms with Gasteiger partial charge < -0.3 is 4.98 Å². The summed E-state index contributed by atoms with van der Waals surface area (Å²) in [5.41, 5.74) is 4.69. The van der Waals surface area contributed by atoms with Gasteiger partial charge in [0.25, 0.3) is 5.56 Å². The highest BCUT2D eigenvalue weighted by atomic mass is 19.1. The van der Waals surface area contributed by atoms with E-state index < -0.39 is 5.56 Å². The van der Waals surface area contributed by atoms with Crippen LogP contribution in [-0.2, 0) is 6.42 Å². The smallest absolute Gasteiger partial charge is 0.266 e. The Hall–Kier alpha value is -3.19. The maximum Gasteiger partial charge on any atom is 0.266 e. The average molecular weight is 302 g/mol. The van der Waals surface area contributed by atoms with Crippen LogP contribution in [0.2, 0.25) is 0 Å². The van der Waals surface area contributed by atoms with Crippen molar-refractivity contribution < 1.29 is 4.39 Å². The Morgan fingerprint density at radius 3 is 2.57 bits per heavy atom. The van der Waals surface area contributed by atoms with Gasteiger partial charge in [0.05, 0.1) is 5.69 Å². The lowest BCUT2D eigenvalue weighted by molar-refractivity contribution is 0.628. The number of fused-ring (bicyclic) bond motifs is 3. The summed E-state index contributed by atoms with van der Waals surface area (Å²) in [4.78, 5) is 15.2. The number of halogens is 1. The molecule has 3 nitrogen and oxygen atoms in total. The summed E-state index contributed by atoms with van der Waals surface area (Å²) < 4.78 is 13.2. The highest BCUT2D eigenvalue weighted by Crippen LogP contribution is 2.40. The molecule has 0 fully saturated rings. The Kier molecular flexibility index (Phi) is 2.88. The molecule has 110 valence electrons. The van der Waals surface area contributed by atoms with E-state index in [2.05, 4.69) is 4.98 Å². The summed E-state index contributed by atoms with van der Waals surface area (Å²) in [7, 11) is 0. The van der Waals surface area contributed by atoms with Crippen LogP contribution >= 0.6 is 0 Å². The van der Waals surface area contributed by atoms with Crippen molar-refractivity contribution in [1.29, 1.82) is 5.26 Å². The first kappa shape index (κ1) is 13.5. The van der Waals surface area contributed by atoms with Gasteiger partial charge in [0, 0.05) is 17.5 Å². The van der Waals surface area contributed by atoms with E-state index in [1.54, 1.807) is 12.1 Å². The molecule has 1 heterocycles. The number of nitriles is 1. The molecule has 0 bridgehead atoms. The molecule has 0 atom stereocenters. The number of rotatable bonds is 1. The fraction of sp³-hybridized carbons (Fsp3) is 0.0526. The minimum atomic E-state index is -0.415. The van der Waals surface area contributed by atoms with Gasteiger partial charge >= 0.3 is 0 Å². The molecule has 0 saturated heterocycles. The zero-order chi connectivity index (χ0) is 16.0. The number of H-pyrrole nitrogens is 1. The second-order valence-electron chi connectivity index (χ2n) is 5.51. The maximum atomic E-state index is 13.2. The van der Waals surface area contributed by atoms with E-state index in [9.17, 15) is 14.4 Å². The fourth-order valence-corrected chi connectivity index (χ4v) is 3.20. The number of aromatic nitrogens is 1. The monoisotopic (exact) mass is 302 g/mol. The molecule has 1 N–H and O–H groups in total. The van der Waals surface area contributed by atoms with Gasteiger partial charge in [0.2, 0.25) is 0 Å². The van der Waals surface area contributed by atoms with Crippen LogP contribution in [0.4, 0.5) is 4.39 Å². The van der Waals surface area contributed by atoms with Gasteiger partial charge in [-0.1, -0.05) is 36.4 Å².